The number of carbonyl (C=O) groups is 2. The molecule has 4 heteroatoms. The maximum atomic E-state index is 12.3. The maximum Gasteiger partial charge on any atom is 0.227 e. The summed E-state index contributed by atoms with van der Waals surface area (Å²) in [5.74, 6) is 1.83. The Morgan fingerprint density at radius 3 is 2.86 bits per heavy atom. The monoisotopic (exact) mass is 292 g/mol. The van der Waals surface area contributed by atoms with Gasteiger partial charge in [0.15, 0.2) is 0 Å². The fourth-order valence-electron chi connectivity index (χ4n) is 2.84. The summed E-state index contributed by atoms with van der Waals surface area (Å²) in [5.41, 5.74) is 0.857. The first-order chi connectivity index (χ1) is 10.7. The molecule has 1 saturated heterocycles. The normalized spacial score (nSPS) is 17.5. The van der Waals surface area contributed by atoms with E-state index in [1.54, 1.807) is 4.90 Å². The number of hydrogen-bond donors (Lipinski definition) is 1. The van der Waals surface area contributed by atoms with Crippen LogP contribution in [0, 0.1) is 18.3 Å². The number of hydrogen-bond acceptors (Lipinski definition) is 2. The third-order valence-corrected chi connectivity index (χ3v) is 3.92. The van der Waals surface area contributed by atoms with E-state index in [1.807, 2.05) is 42.5 Å². The van der Waals surface area contributed by atoms with Crippen molar-refractivity contribution >= 4 is 28.3 Å². The van der Waals surface area contributed by atoms with Gasteiger partial charge in [0.25, 0.3) is 0 Å². The molecule has 4 nitrogen and oxygen atoms in total. The molecule has 0 bridgehead atoms. The van der Waals surface area contributed by atoms with Crippen LogP contribution in [0.2, 0.25) is 0 Å². The van der Waals surface area contributed by atoms with Crippen LogP contribution in [0.5, 0.6) is 0 Å². The van der Waals surface area contributed by atoms with Gasteiger partial charge in [-0.15, -0.1) is 6.42 Å². The van der Waals surface area contributed by atoms with E-state index in [-0.39, 0.29) is 30.7 Å². The quantitative estimate of drug-likeness (QED) is 0.879. The zero-order valence-corrected chi connectivity index (χ0v) is 12.1. The van der Waals surface area contributed by atoms with Gasteiger partial charge < -0.3 is 10.2 Å². The van der Waals surface area contributed by atoms with Crippen LogP contribution in [-0.2, 0) is 9.59 Å². The first-order valence-electron chi connectivity index (χ1n) is 7.20. The lowest BCUT2D eigenvalue weighted by molar-refractivity contribution is -0.126. The van der Waals surface area contributed by atoms with E-state index in [4.69, 9.17) is 6.42 Å². The van der Waals surface area contributed by atoms with Gasteiger partial charge in [0.2, 0.25) is 11.8 Å². The van der Waals surface area contributed by atoms with Gasteiger partial charge in [-0.05, 0) is 11.5 Å². The molecule has 0 spiro atoms. The molecular weight excluding hydrogens is 276 g/mol. The minimum absolute atomic E-state index is 0.0304. The summed E-state index contributed by atoms with van der Waals surface area (Å²) in [6.07, 6.45) is 5.36. The van der Waals surface area contributed by atoms with Gasteiger partial charge in [0.05, 0.1) is 18.2 Å². The number of nitrogens with zero attached hydrogens (tertiary/aromatic N) is 1. The first kappa shape index (κ1) is 14.2. The molecule has 110 valence electrons. The van der Waals surface area contributed by atoms with Crippen LogP contribution in [0.25, 0.3) is 10.8 Å². The van der Waals surface area contributed by atoms with Gasteiger partial charge in [-0.1, -0.05) is 42.3 Å². The molecule has 0 aliphatic carbocycles. The van der Waals surface area contributed by atoms with E-state index in [0.29, 0.717) is 6.54 Å². The molecule has 1 fully saturated rings. The fraction of sp³-hybridized carbons (Fsp3) is 0.222. The van der Waals surface area contributed by atoms with Crippen molar-refractivity contribution in [3.05, 3.63) is 42.5 Å². The molecule has 0 unspecified atom stereocenters. The summed E-state index contributed by atoms with van der Waals surface area (Å²) >= 11 is 0. The van der Waals surface area contributed by atoms with Crippen LogP contribution in [-0.4, -0.2) is 24.9 Å². The predicted octanol–water partition coefficient (Wildman–Crippen LogP) is 1.94. The third-order valence-electron chi connectivity index (χ3n) is 3.92. The van der Waals surface area contributed by atoms with Crippen molar-refractivity contribution in [1.82, 2.24) is 5.32 Å². The van der Waals surface area contributed by atoms with Crippen molar-refractivity contribution in [2.45, 2.75) is 6.42 Å². The fourth-order valence-corrected chi connectivity index (χ4v) is 2.84. The minimum Gasteiger partial charge on any atom is -0.345 e. The first-order valence-corrected chi connectivity index (χ1v) is 7.20. The maximum absolute atomic E-state index is 12.3. The second kappa shape index (κ2) is 5.90. The highest BCUT2D eigenvalue weighted by Gasteiger charge is 2.35. The van der Waals surface area contributed by atoms with Crippen LogP contribution < -0.4 is 10.2 Å². The van der Waals surface area contributed by atoms with Crippen LogP contribution in [0.4, 0.5) is 5.69 Å². The minimum atomic E-state index is -0.347. The third kappa shape index (κ3) is 2.53. The lowest BCUT2D eigenvalue weighted by atomic mass is 10.1. The van der Waals surface area contributed by atoms with E-state index in [9.17, 15) is 9.59 Å². The molecule has 22 heavy (non-hydrogen) atoms. The number of fused-ring (bicyclic) bond motifs is 1. The molecular formula is C18H16N2O2. The van der Waals surface area contributed by atoms with E-state index in [2.05, 4.69) is 11.2 Å². The topological polar surface area (TPSA) is 49.4 Å². The van der Waals surface area contributed by atoms with Crippen molar-refractivity contribution in [2.24, 2.45) is 5.92 Å². The van der Waals surface area contributed by atoms with Gasteiger partial charge in [-0.2, -0.15) is 0 Å². The van der Waals surface area contributed by atoms with Crippen LogP contribution >= 0.6 is 0 Å². The molecule has 2 amide bonds. The highest BCUT2D eigenvalue weighted by molar-refractivity contribution is 6.06. The highest BCUT2D eigenvalue weighted by atomic mass is 16.2. The van der Waals surface area contributed by atoms with Crippen molar-refractivity contribution < 1.29 is 9.59 Å². The molecule has 1 heterocycles. The number of amides is 2. The second-order valence-electron chi connectivity index (χ2n) is 5.33. The Morgan fingerprint density at radius 2 is 2.05 bits per heavy atom. The van der Waals surface area contributed by atoms with Crippen LogP contribution in [0.15, 0.2) is 42.5 Å². The van der Waals surface area contributed by atoms with Crippen LogP contribution in [0.3, 0.4) is 0 Å². The number of nitrogens with one attached hydrogen (secondary N) is 1. The van der Waals surface area contributed by atoms with Crippen molar-refractivity contribution in [1.29, 1.82) is 0 Å². The Hall–Kier alpha value is -2.80. The number of carbonyl (C=O) groups excluding carboxylic acids is 2. The second-order valence-corrected chi connectivity index (χ2v) is 5.33. The Bertz CT molecular complexity index is 771. The van der Waals surface area contributed by atoms with E-state index >= 15 is 0 Å². The molecule has 2 aromatic rings. The highest BCUT2D eigenvalue weighted by Crippen LogP contribution is 2.31. The van der Waals surface area contributed by atoms with Crippen molar-refractivity contribution in [3.8, 4) is 12.3 Å². The molecule has 2 aromatic carbocycles. The summed E-state index contributed by atoms with van der Waals surface area (Å²) in [6.45, 7) is 0.584. The number of anilines is 1. The lowest BCUT2D eigenvalue weighted by Gasteiger charge is -2.19. The van der Waals surface area contributed by atoms with Crippen molar-refractivity contribution in [2.75, 3.05) is 18.0 Å². The summed E-state index contributed by atoms with van der Waals surface area (Å²) in [6, 6.07) is 13.8. The average molecular weight is 292 g/mol. The van der Waals surface area contributed by atoms with E-state index in [0.717, 1.165) is 16.5 Å². The number of benzene rings is 2. The summed E-state index contributed by atoms with van der Waals surface area (Å²) < 4.78 is 0. The predicted molar refractivity (Wildman–Crippen MR) is 86.3 cm³/mol. The summed E-state index contributed by atoms with van der Waals surface area (Å²) in [7, 11) is 0. The molecule has 1 aliphatic rings. The molecule has 1 aliphatic heterocycles. The van der Waals surface area contributed by atoms with E-state index < -0.39 is 0 Å². The number of terminal acetylenes is 1. The summed E-state index contributed by atoms with van der Waals surface area (Å²) in [4.78, 5) is 26.0. The standard InChI is InChI=1S/C18H16N2O2/c1-2-10-19-18(22)14-11-17(21)20(12-14)16-9-5-7-13-6-3-4-8-15(13)16/h1,3-9,14H,10-12H2,(H,19,22)/t14-/m1/s1. The van der Waals surface area contributed by atoms with Gasteiger partial charge in [0.1, 0.15) is 0 Å². The average Bonchev–Trinajstić information content (AvgIpc) is 2.94. The Kier molecular flexibility index (Phi) is 3.80. The van der Waals surface area contributed by atoms with Gasteiger partial charge in [0, 0.05) is 18.4 Å². The molecule has 0 aromatic heterocycles. The largest absolute Gasteiger partial charge is 0.345 e. The SMILES string of the molecule is C#CCNC(=O)[C@@H]1CC(=O)N(c2cccc3ccccc23)C1. The smallest absolute Gasteiger partial charge is 0.227 e. The Labute approximate surface area is 129 Å². The number of rotatable bonds is 3. The van der Waals surface area contributed by atoms with Gasteiger partial charge in [-0.25, -0.2) is 0 Å². The Balaban J connectivity index is 1.87. The van der Waals surface area contributed by atoms with Gasteiger partial charge >= 0.3 is 0 Å². The molecule has 3 rings (SSSR count). The lowest BCUT2D eigenvalue weighted by Crippen LogP contribution is -2.33. The molecule has 1 atom stereocenters. The van der Waals surface area contributed by atoms with Crippen LogP contribution in [0.1, 0.15) is 6.42 Å². The van der Waals surface area contributed by atoms with Gasteiger partial charge in [-0.3, -0.25) is 9.59 Å². The molecule has 1 N–H and O–H groups in total. The zero-order chi connectivity index (χ0) is 15.5. The van der Waals surface area contributed by atoms with Crippen molar-refractivity contribution in [3.63, 3.8) is 0 Å². The zero-order valence-electron chi connectivity index (χ0n) is 12.1. The molecule has 0 radical (unpaired) electrons. The summed E-state index contributed by atoms with van der Waals surface area (Å²) in [5, 5.41) is 4.74. The molecule has 0 saturated carbocycles. The Morgan fingerprint density at radius 1 is 1.27 bits per heavy atom. The van der Waals surface area contributed by atoms with E-state index in [1.165, 1.54) is 0 Å².